The molecule has 0 atom stereocenters. The van der Waals surface area contributed by atoms with Crippen molar-refractivity contribution in [1.29, 1.82) is 0 Å². The van der Waals surface area contributed by atoms with E-state index in [-0.39, 0.29) is 18.2 Å². The van der Waals surface area contributed by atoms with Gasteiger partial charge < -0.3 is 15.7 Å². The topological polar surface area (TPSA) is 62.4 Å². The van der Waals surface area contributed by atoms with Gasteiger partial charge in [-0.05, 0) is 25.5 Å². The molecule has 0 saturated carbocycles. The molecule has 0 fully saturated rings. The molecular formula is C11H16F3N3O. The molecular weight excluding hydrogens is 247 g/mol. The molecule has 1 heterocycles. The van der Waals surface area contributed by atoms with Crippen LogP contribution in [0.2, 0.25) is 0 Å². The van der Waals surface area contributed by atoms with E-state index in [9.17, 15) is 13.2 Å². The molecule has 102 valence electrons. The number of hydrogen-bond donors (Lipinski definition) is 2. The highest BCUT2D eigenvalue weighted by atomic mass is 19.4. The fourth-order valence-electron chi connectivity index (χ4n) is 1.56. The molecule has 0 bridgehead atoms. The average molecular weight is 263 g/mol. The van der Waals surface area contributed by atoms with E-state index in [4.69, 9.17) is 10.8 Å². The van der Waals surface area contributed by atoms with Crippen LogP contribution >= 0.6 is 0 Å². The number of anilines is 2. The third-order valence-corrected chi connectivity index (χ3v) is 2.45. The van der Waals surface area contributed by atoms with Gasteiger partial charge in [0.25, 0.3) is 0 Å². The Morgan fingerprint density at radius 1 is 1.39 bits per heavy atom. The van der Waals surface area contributed by atoms with Crippen molar-refractivity contribution in [2.75, 3.05) is 30.3 Å². The van der Waals surface area contributed by atoms with Crippen LogP contribution in [-0.4, -0.2) is 29.8 Å². The summed E-state index contributed by atoms with van der Waals surface area (Å²) in [4.78, 5) is 5.53. The first kappa shape index (κ1) is 14.6. The Morgan fingerprint density at radius 2 is 2.06 bits per heavy atom. The molecule has 0 unspecified atom stereocenters. The van der Waals surface area contributed by atoms with Crippen molar-refractivity contribution in [3.05, 3.63) is 17.7 Å². The Hall–Kier alpha value is -1.50. The zero-order chi connectivity index (χ0) is 13.8. The standard InChI is InChI=1S/C11H16F3N3O/c1-2-17(4-3-5-18)10-7-8(11(12,13)14)6-9(15)16-10/h6-7,18H,2-5H2,1H3,(H2,15,16). The van der Waals surface area contributed by atoms with Crippen molar-refractivity contribution in [3.63, 3.8) is 0 Å². The lowest BCUT2D eigenvalue weighted by Gasteiger charge is -2.22. The maximum Gasteiger partial charge on any atom is 0.416 e. The van der Waals surface area contributed by atoms with Crippen molar-refractivity contribution >= 4 is 11.6 Å². The zero-order valence-electron chi connectivity index (χ0n) is 10.0. The molecule has 18 heavy (non-hydrogen) atoms. The van der Waals surface area contributed by atoms with E-state index in [0.717, 1.165) is 12.1 Å². The summed E-state index contributed by atoms with van der Waals surface area (Å²) >= 11 is 0. The van der Waals surface area contributed by atoms with Crippen LogP contribution in [0.5, 0.6) is 0 Å². The third kappa shape index (κ3) is 3.76. The molecule has 0 aliphatic carbocycles. The van der Waals surface area contributed by atoms with Gasteiger partial charge in [0.1, 0.15) is 11.6 Å². The molecule has 1 aromatic rings. The predicted molar refractivity (Wildman–Crippen MR) is 63.2 cm³/mol. The van der Waals surface area contributed by atoms with Crippen molar-refractivity contribution in [2.45, 2.75) is 19.5 Å². The van der Waals surface area contributed by atoms with E-state index >= 15 is 0 Å². The average Bonchev–Trinajstić information content (AvgIpc) is 2.28. The van der Waals surface area contributed by atoms with Crippen LogP contribution in [0.15, 0.2) is 12.1 Å². The molecule has 1 rings (SSSR count). The van der Waals surface area contributed by atoms with Gasteiger partial charge in [0.15, 0.2) is 0 Å². The van der Waals surface area contributed by atoms with Crippen LogP contribution in [-0.2, 0) is 6.18 Å². The fraction of sp³-hybridized carbons (Fsp3) is 0.545. The molecule has 0 aliphatic rings. The molecule has 0 amide bonds. The second kappa shape index (κ2) is 5.90. The Balaban J connectivity index is 3.04. The van der Waals surface area contributed by atoms with Crippen LogP contribution in [0.1, 0.15) is 18.9 Å². The number of pyridine rings is 1. The van der Waals surface area contributed by atoms with E-state index in [1.807, 2.05) is 0 Å². The van der Waals surface area contributed by atoms with Crippen molar-refractivity contribution in [1.82, 2.24) is 4.98 Å². The van der Waals surface area contributed by atoms with Gasteiger partial charge in [0.2, 0.25) is 0 Å². The number of aromatic nitrogens is 1. The number of nitrogens with zero attached hydrogens (tertiary/aromatic N) is 2. The van der Waals surface area contributed by atoms with Crippen molar-refractivity contribution < 1.29 is 18.3 Å². The maximum atomic E-state index is 12.6. The second-order valence-electron chi connectivity index (χ2n) is 3.79. The minimum Gasteiger partial charge on any atom is -0.396 e. The number of aliphatic hydroxyl groups excluding tert-OH is 1. The van der Waals surface area contributed by atoms with Gasteiger partial charge in [-0.15, -0.1) is 0 Å². The Morgan fingerprint density at radius 3 is 2.56 bits per heavy atom. The normalized spacial score (nSPS) is 11.6. The SMILES string of the molecule is CCN(CCCO)c1cc(C(F)(F)F)cc(N)n1. The number of nitrogen functional groups attached to an aromatic ring is 1. The van der Waals surface area contributed by atoms with Crippen molar-refractivity contribution in [3.8, 4) is 0 Å². The summed E-state index contributed by atoms with van der Waals surface area (Å²) < 4.78 is 37.9. The van der Waals surface area contributed by atoms with E-state index in [2.05, 4.69) is 4.98 Å². The van der Waals surface area contributed by atoms with E-state index in [1.54, 1.807) is 11.8 Å². The van der Waals surface area contributed by atoms with E-state index < -0.39 is 11.7 Å². The highest BCUT2D eigenvalue weighted by molar-refractivity contribution is 5.49. The van der Waals surface area contributed by atoms with Gasteiger partial charge in [0, 0.05) is 19.7 Å². The molecule has 4 nitrogen and oxygen atoms in total. The van der Waals surface area contributed by atoms with Gasteiger partial charge in [0.05, 0.1) is 5.56 Å². The Labute approximate surface area is 103 Å². The quantitative estimate of drug-likeness (QED) is 0.851. The Kier molecular flexibility index (Phi) is 4.77. The van der Waals surface area contributed by atoms with Crippen LogP contribution < -0.4 is 10.6 Å². The first-order valence-corrected chi connectivity index (χ1v) is 5.59. The molecule has 0 aromatic carbocycles. The second-order valence-corrected chi connectivity index (χ2v) is 3.79. The third-order valence-electron chi connectivity index (χ3n) is 2.45. The lowest BCUT2D eigenvalue weighted by Crippen LogP contribution is -2.26. The summed E-state index contributed by atoms with van der Waals surface area (Å²) in [6, 6.07) is 1.78. The smallest absolute Gasteiger partial charge is 0.396 e. The molecule has 0 aliphatic heterocycles. The predicted octanol–water partition coefficient (Wildman–Crippen LogP) is 1.89. The molecule has 7 heteroatoms. The molecule has 0 spiro atoms. The summed E-state index contributed by atoms with van der Waals surface area (Å²) in [5.41, 5.74) is 4.58. The highest BCUT2D eigenvalue weighted by Gasteiger charge is 2.31. The van der Waals surface area contributed by atoms with Crippen LogP contribution in [0.4, 0.5) is 24.8 Å². The maximum absolute atomic E-state index is 12.6. The van der Waals surface area contributed by atoms with Gasteiger partial charge in [-0.3, -0.25) is 0 Å². The highest BCUT2D eigenvalue weighted by Crippen LogP contribution is 2.32. The summed E-state index contributed by atoms with van der Waals surface area (Å²) in [6.45, 7) is 2.70. The first-order chi connectivity index (χ1) is 8.38. The number of alkyl halides is 3. The largest absolute Gasteiger partial charge is 0.416 e. The number of aliphatic hydroxyl groups is 1. The minimum absolute atomic E-state index is 0.0229. The molecule has 1 aromatic heterocycles. The lowest BCUT2D eigenvalue weighted by atomic mass is 10.2. The summed E-state index contributed by atoms with van der Waals surface area (Å²) in [5.74, 6) is 0.0144. The van der Waals surface area contributed by atoms with Crippen LogP contribution in [0.25, 0.3) is 0 Å². The number of halogens is 3. The summed E-state index contributed by atoms with van der Waals surface area (Å²) in [5, 5.41) is 8.74. The zero-order valence-corrected chi connectivity index (χ0v) is 10.0. The summed E-state index contributed by atoms with van der Waals surface area (Å²) in [7, 11) is 0. The van der Waals surface area contributed by atoms with Gasteiger partial charge in [-0.25, -0.2) is 4.98 Å². The van der Waals surface area contributed by atoms with Crippen molar-refractivity contribution in [2.24, 2.45) is 0 Å². The number of nitrogens with two attached hydrogens (primary N) is 1. The molecule has 0 radical (unpaired) electrons. The summed E-state index contributed by atoms with van der Waals surface area (Å²) in [6.07, 6.45) is -3.98. The van der Waals surface area contributed by atoms with E-state index in [1.165, 1.54) is 0 Å². The minimum atomic E-state index is -4.44. The van der Waals surface area contributed by atoms with Gasteiger partial charge >= 0.3 is 6.18 Å². The Bertz CT molecular complexity index is 396. The fourth-order valence-corrected chi connectivity index (χ4v) is 1.56. The van der Waals surface area contributed by atoms with Gasteiger partial charge in [-0.1, -0.05) is 0 Å². The molecule has 3 N–H and O–H groups in total. The molecule has 0 saturated heterocycles. The first-order valence-electron chi connectivity index (χ1n) is 5.59. The van der Waals surface area contributed by atoms with Crippen LogP contribution in [0, 0.1) is 0 Å². The van der Waals surface area contributed by atoms with Gasteiger partial charge in [-0.2, -0.15) is 13.2 Å². The number of hydrogen-bond acceptors (Lipinski definition) is 4. The van der Waals surface area contributed by atoms with Crippen LogP contribution in [0.3, 0.4) is 0 Å². The monoisotopic (exact) mass is 263 g/mol. The number of rotatable bonds is 5. The van der Waals surface area contributed by atoms with E-state index in [0.29, 0.717) is 19.5 Å². The lowest BCUT2D eigenvalue weighted by molar-refractivity contribution is -0.137.